The molecule has 0 radical (unpaired) electrons. The smallest absolute Gasteiger partial charge is 0.261 e. The highest BCUT2D eigenvalue weighted by atomic mass is 28.4. The van der Waals surface area contributed by atoms with Gasteiger partial charge in [0.25, 0.3) is 8.32 Å². The standard InChI is InChI=1S/C39H60O5Si2/c1-37(2,3)45(8,9)44-29-31-27-33-23-22-32(39(33,24-25-40)36(28-31)42-30-41-7)17-16-26-43-46(38(4,5)6,34-18-12-10-13-19-34)35-20-14-11-15-21-35/h10-15,18-22,25,31,33,36H,16-17,23-24,26-30H2,1-9H3/t31?,33-,36?,39?/m1/s1. The summed E-state index contributed by atoms with van der Waals surface area (Å²) in [7, 11) is -2.78. The highest BCUT2D eigenvalue weighted by Gasteiger charge is 2.55. The van der Waals surface area contributed by atoms with Gasteiger partial charge in [-0.1, -0.05) is 114 Å². The van der Waals surface area contributed by atoms with Gasteiger partial charge in [0.1, 0.15) is 13.1 Å². The molecule has 0 aliphatic heterocycles. The van der Waals surface area contributed by atoms with Gasteiger partial charge in [-0.05, 0) is 77.5 Å². The summed E-state index contributed by atoms with van der Waals surface area (Å²) in [5.41, 5.74) is 1.09. The first kappa shape index (κ1) is 37.0. The van der Waals surface area contributed by atoms with Crippen molar-refractivity contribution < 1.29 is 23.1 Å². The maximum absolute atomic E-state index is 12.4. The van der Waals surface area contributed by atoms with E-state index in [1.54, 1.807) is 7.11 Å². The van der Waals surface area contributed by atoms with Crippen molar-refractivity contribution in [2.75, 3.05) is 27.1 Å². The number of methoxy groups -OCH3 is 1. The molecule has 2 aromatic rings. The molecule has 2 aliphatic carbocycles. The van der Waals surface area contributed by atoms with Gasteiger partial charge in [0.15, 0.2) is 8.32 Å². The number of fused-ring (bicyclic) bond motifs is 1. The third kappa shape index (κ3) is 7.55. The first-order valence-electron chi connectivity index (χ1n) is 17.4. The van der Waals surface area contributed by atoms with Crippen LogP contribution in [0.1, 0.15) is 80.1 Å². The highest BCUT2D eigenvalue weighted by molar-refractivity contribution is 6.99. The quantitative estimate of drug-likeness (QED) is 0.0631. The number of allylic oxidation sites excluding steroid dienone is 1. The summed E-state index contributed by atoms with van der Waals surface area (Å²) < 4.78 is 25.9. The van der Waals surface area contributed by atoms with E-state index in [0.717, 1.165) is 45.0 Å². The van der Waals surface area contributed by atoms with Crippen LogP contribution >= 0.6 is 0 Å². The van der Waals surface area contributed by atoms with Gasteiger partial charge in [-0.15, -0.1) is 0 Å². The van der Waals surface area contributed by atoms with E-state index in [-0.39, 0.29) is 28.4 Å². The summed E-state index contributed by atoms with van der Waals surface area (Å²) in [5.74, 6) is 0.779. The van der Waals surface area contributed by atoms with E-state index in [4.69, 9.17) is 18.3 Å². The lowest BCUT2D eigenvalue weighted by Gasteiger charge is -2.50. The van der Waals surface area contributed by atoms with E-state index >= 15 is 0 Å². The molecule has 0 spiro atoms. The predicted octanol–water partition coefficient (Wildman–Crippen LogP) is 8.29. The molecule has 1 fully saturated rings. The number of carbonyl (C=O) groups excluding carboxylic acids is 1. The minimum absolute atomic E-state index is 0.0594. The maximum Gasteiger partial charge on any atom is 0.261 e. The lowest BCUT2D eigenvalue weighted by Crippen LogP contribution is -2.66. The molecule has 254 valence electrons. The van der Waals surface area contributed by atoms with Gasteiger partial charge in [0, 0.05) is 32.2 Å². The van der Waals surface area contributed by atoms with Crippen LogP contribution in [0.5, 0.6) is 0 Å². The zero-order valence-corrected chi connectivity index (χ0v) is 32.1. The second-order valence-electron chi connectivity index (χ2n) is 16.2. The topological polar surface area (TPSA) is 54.0 Å². The van der Waals surface area contributed by atoms with Crippen molar-refractivity contribution in [3.8, 4) is 0 Å². The Bertz CT molecular complexity index is 1240. The van der Waals surface area contributed by atoms with E-state index in [2.05, 4.69) is 121 Å². The zero-order valence-electron chi connectivity index (χ0n) is 30.1. The molecule has 2 aromatic carbocycles. The van der Waals surface area contributed by atoms with Gasteiger partial charge in [-0.25, -0.2) is 0 Å². The lowest BCUT2D eigenvalue weighted by atomic mass is 9.58. The second-order valence-corrected chi connectivity index (χ2v) is 25.3. The third-order valence-corrected chi connectivity index (χ3v) is 20.9. The van der Waals surface area contributed by atoms with Gasteiger partial charge in [-0.2, -0.15) is 0 Å². The number of aldehydes is 1. The van der Waals surface area contributed by atoms with E-state index in [0.29, 0.717) is 24.9 Å². The summed E-state index contributed by atoms with van der Waals surface area (Å²) in [5, 5.41) is 2.72. The Morgan fingerprint density at radius 3 is 2.00 bits per heavy atom. The summed E-state index contributed by atoms with van der Waals surface area (Å²) in [6.45, 7) is 20.2. The van der Waals surface area contributed by atoms with Crippen LogP contribution in [0.2, 0.25) is 23.2 Å². The fourth-order valence-corrected chi connectivity index (χ4v) is 13.6. The molecule has 0 N–H and O–H groups in total. The van der Waals surface area contributed by atoms with Crippen LogP contribution in [0.4, 0.5) is 0 Å². The fourth-order valence-electron chi connectivity index (χ4n) is 7.93. The van der Waals surface area contributed by atoms with Gasteiger partial charge in [0.2, 0.25) is 0 Å². The molecule has 3 unspecified atom stereocenters. The van der Waals surface area contributed by atoms with E-state index in [1.165, 1.54) is 15.9 Å². The average molecular weight is 665 g/mol. The van der Waals surface area contributed by atoms with Crippen molar-refractivity contribution in [2.45, 2.75) is 109 Å². The van der Waals surface area contributed by atoms with Crippen LogP contribution in [0.25, 0.3) is 0 Å². The van der Waals surface area contributed by atoms with Crippen molar-refractivity contribution in [1.82, 2.24) is 0 Å². The Morgan fingerprint density at radius 2 is 1.48 bits per heavy atom. The largest absolute Gasteiger partial charge is 0.417 e. The first-order chi connectivity index (χ1) is 21.7. The van der Waals surface area contributed by atoms with Crippen molar-refractivity contribution in [2.24, 2.45) is 17.3 Å². The number of hydrogen-bond acceptors (Lipinski definition) is 5. The van der Waals surface area contributed by atoms with Crippen molar-refractivity contribution >= 4 is 33.3 Å². The van der Waals surface area contributed by atoms with Crippen LogP contribution < -0.4 is 10.4 Å². The van der Waals surface area contributed by atoms with Crippen LogP contribution in [0.3, 0.4) is 0 Å². The van der Waals surface area contributed by atoms with Crippen LogP contribution in [0, 0.1) is 17.3 Å². The molecule has 2 aliphatic rings. The molecule has 0 saturated heterocycles. The summed E-state index contributed by atoms with van der Waals surface area (Å²) in [6.07, 6.45) is 8.71. The number of rotatable bonds is 15. The molecule has 7 heteroatoms. The monoisotopic (exact) mass is 664 g/mol. The van der Waals surface area contributed by atoms with Crippen LogP contribution in [-0.4, -0.2) is 56.1 Å². The third-order valence-electron chi connectivity index (χ3n) is 11.3. The Balaban J connectivity index is 1.54. The molecule has 5 nitrogen and oxygen atoms in total. The second kappa shape index (κ2) is 15.1. The Labute approximate surface area is 281 Å². The van der Waals surface area contributed by atoms with Crippen molar-refractivity contribution in [1.29, 1.82) is 0 Å². The number of carbonyl (C=O) groups is 1. The minimum Gasteiger partial charge on any atom is -0.417 e. The van der Waals surface area contributed by atoms with Gasteiger partial charge < -0.3 is 23.1 Å². The molecule has 0 bridgehead atoms. The summed E-state index contributed by atoms with van der Waals surface area (Å²) >= 11 is 0. The average Bonchev–Trinajstić information content (AvgIpc) is 3.36. The summed E-state index contributed by atoms with van der Waals surface area (Å²) in [6, 6.07) is 21.7. The molecular formula is C39H60O5Si2. The van der Waals surface area contributed by atoms with Gasteiger partial charge in [0.05, 0.1) is 6.10 Å². The maximum atomic E-state index is 12.4. The lowest BCUT2D eigenvalue weighted by molar-refractivity contribution is -0.152. The molecule has 0 amide bonds. The molecular weight excluding hydrogens is 605 g/mol. The van der Waals surface area contributed by atoms with Crippen LogP contribution in [-0.2, 0) is 23.1 Å². The van der Waals surface area contributed by atoms with Crippen molar-refractivity contribution in [3.05, 3.63) is 72.3 Å². The minimum atomic E-state index is -2.60. The SMILES string of the molecule is COCOC1CC(CO[Si](C)(C)C(C)(C)C)C[C@H]2CC=C(CCCO[Si](c3ccccc3)(c3ccccc3)C(C)(C)C)C12CC=O. The number of benzene rings is 2. The Morgan fingerprint density at radius 1 is 0.870 bits per heavy atom. The van der Waals surface area contributed by atoms with E-state index in [9.17, 15) is 4.79 Å². The normalized spacial score (nSPS) is 24.0. The fraction of sp³-hybridized carbons (Fsp3) is 0.615. The van der Waals surface area contributed by atoms with Gasteiger partial charge in [-0.3, -0.25) is 0 Å². The highest BCUT2D eigenvalue weighted by Crippen LogP contribution is 2.58. The van der Waals surface area contributed by atoms with Gasteiger partial charge >= 0.3 is 0 Å². The number of ether oxygens (including phenoxy) is 2. The molecule has 1 saturated carbocycles. The Kier molecular flexibility index (Phi) is 12.2. The summed E-state index contributed by atoms with van der Waals surface area (Å²) in [4.78, 5) is 12.4. The molecule has 4 atom stereocenters. The van der Waals surface area contributed by atoms with E-state index < -0.39 is 16.6 Å². The molecule has 0 heterocycles. The Hall–Kier alpha value is -1.88. The first-order valence-corrected chi connectivity index (χ1v) is 22.2. The predicted molar refractivity (Wildman–Crippen MR) is 195 cm³/mol. The number of hydrogen-bond donors (Lipinski definition) is 0. The molecule has 4 rings (SSSR count). The zero-order chi connectivity index (χ0) is 33.6. The van der Waals surface area contributed by atoms with Crippen molar-refractivity contribution in [3.63, 3.8) is 0 Å². The van der Waals surface area contributed by atoms with Crippen LogP contribution in [0.15, 0.2) is 72.3 Å². The molecule has 46 heavy (non-hydrogen) atoms. The molecule has 0 aromatic heterocycles. The van der Waals surface area contributed by atoms with E-state index in [1.807, 2.05) is 0 Å².